The molecule has 0 aliphatic carbocycles. The molecule has 1 unspecified atom stereocenters. The van der Waals surface area contributed by atoms with Crippen LogP contribution in [0.1, 0.15) is 28.8 Å². The van der Waals surface area contributed by atoms with Crippen molar-refractivity contribution in [1.29, 1.82) is 0 Å². The lowest BCUT2D eigenvalue weighted by atomic mass is 10.1. The fourth-order valence-corrected chi connectivity index (χ4v) is 2.30. The van der Waals surface area contributed by atoms with Crippen LogP contribution in [0.5, 0.6) is 0 Å². The predicted octanol–water partition coefficient (Wildman–Crippen LogP) is 0.543. The number of rotatable bonds is 5. The highest BCUT2D eigenvalue weighted by atomic mass is 16.4. The first-order chi connectivity index (χ1) is 9.41. The standard InChI is InChI=1S/C13H14N2O5/c14-9-3-1-2-7-8(9)6-15(12(7)18)10(13(19)20)4-5-11(16)17/h1-3,10H,4-6,14H2,(H,16,17)(H,19,20). The van der Waals surface area contributed by atoms with Gasteiger partial charge in [0.1, 0.15) is 6.04 Å². The SMILES string of the molecule is Nc1cccc2c1CN(C(CCC(=O)O)C(=O)O)C2=O. The smallest absolute Gasteiger partial charge is 0.326 e. The number of fused-ring (bicyclic) bond motifs is 1. The number of benzene rings is 1. The molecule has 0 saturated heterocycles. The molecule has 1 aromatic carbocycles. The Kier molecular flexibility index (Phi) is 3.60. The number of amides is 1. The van der Waals surface area contributed by atoms with E-state index in [1.165, 1.54) is 0 Å². The lowest BCUT2D eigenvalue weighted by Crippen LogP contribution is -2.41. The normalized spacial score (nSPS) is 15.0. The van der Waals surface area contributed by atoms with Crippen molar-refractivity contribution in [3.8, 4) is 0 Å². The van der Waals surface area contributed by atoms with Crippen LogP contribution in [0.2, 0.25) is 0 Å². The van der Waals surface area contributed by atoms with Crippen molar-refractivity contribution in [2.75, 3.05) is 5.73 Å². The van der Waals surface area contributed by atoms with Crippen LogP contribution in [0.15, 0.2) is 18.2 Å². The van der Waals surface area contributed by atoms with Gasteiger partial charge in [0, 0.05) is 29.8 Å². The number of nitrogens with zero attached hydrogens (tertiary/aromatic N) is 1. The second kappa shape index (κ2) is 5.20. The molecular formula is C13H14N2O5. The topological polar surface area (TPSA) is 121 Å². The molecule has 1 aliphatic heterocycles. The minimum Gasteiger partial charge on any atom is -0.481 e. The van der Waals surface area contributed by atoms with E-state index in [0.717, 1.165) is 4.90 Å². The predicted molar refractivity (Wildman–Crippen MR) is 69.0 cm³/mol. The third-order valence-electron chi connectivity index (χ3n) is 3.32. The van der Waals surface area contributed by atoms with Gasteiger partial charge in [0.25, 0.3) is 5.91 Å². The second-order valence-corrected chi connectivity index (χ2v) is 4.59. The third-order valence-corrected chi connectivity index (χ3v) is 3.32. The van der Waals surface area contributed by atoms with E-state index in [0.29, 0.717) is 16.8 Å². The van der Waals surface area contributed by atoms with Gasteiger partial charge in [-0.05, 0) is 18.6 Å². The van der Waals surface area contributed by atoms with Gasteiger partial charge in [-0.25, -0.2) is 4.79 Å². The second-order valence-electron chi connectivity index (χ2n) is 4.59. The van der Waals surface area contributed by atoms with Crippen LogP contribution >= 0.6 is 0 Å². The van der Waals surface area contributed by atoms with Crippen LogP contribution in [0.25, 0.3) is 0 Å². The first-order valence-corrected chi connectivity index (χ1v) is 6.04. The summed E-state index contributed by atoms with van der Waals surface area (Å²) in [5.41, 5.74) is 7.18. The van der Waals surface area contributed by atoms with Gasteiger partial charge in [0.05, 0.1) is 0 Å². The van der Waals surface area contributed by atoms with Gasteiger partial charge < -0.3 is 20.8 Å². The fourth-order valence-electron chi connectivity index (χ4n) is 2.30. The minimum absolute atomic E-state index is 0.0947. The first-order valence-electron chi connectivity index (χ1n) is 6.04. The van der Waals surface area contributed by atoms with E-state index in [4.69, 9.17) is 10.8 Å². The van der Waals surface area contributed by atoms with E-state index in [1.807, 2.05) is 0 Å². The number of carboxylic acid groups (broad SMARTS) is 2. The number of anilines is 1. The Labute approximate surface area is 114 Å². The zero-order valence-electron chi connectivity index (χ0n) is 10.6. The highest BCUT2D eigenvalue weighted by Crippen LogP contribution is 2.30. The minimum atomic E-state index is -1.22. The lowest BCUT2D eigenvalue weighted by molar-refractivity contribution is -0.143. The van der Waals surface area contributed by atoms with Crippen molar-refractivity contribution in [3.63, 3.8) is 0 Å². The van der Waals surface area contributed by atoms with E-state index >= 15 is 0 Å². The summed E-state index contributed by atoms with van der Waals surface area (Å²) >= 11 is 0. The van der Waals surface area contributed by atoms with Gasteiger partial charge in [-0.15, -0.1) is 0 Å². The maximum Gasteiger partial charge on any atom is 0.326 e. The number of hydrogen-bond donors (Lipinski definition) is 3. The van der Waals surface area contributed by atoms with Crippen LogP contribution in [0.4, 0.5) is 5.69 Å². The monoisotopic (exact) mass is 278 g/mol. The van der Waals surface area contributed by atoms with Crippen LogP contribution in [0.3, 0.4) is 0 Å². The van der Waals surface area contributed by atoms with Gasteiger partial charge >= 0.3 is 11.9 Å². The van der Waals surface area contributed by atoms with Crippen molar-refractivity contribution in [2.45, 2.75) is 25.4 Å². The van der Waals surface area contributed by atoms with Crippen molar-refractivity contribution in [1.82, 2.24) is 4.90 Å². The lowest BCUT2D eigenvalue weighted by Gasteiger charge is -2.23. The summed E-state index contributed by atoms with van der Waals surface area (Å²) in [6, 6.07) is 3.69. The van der Waals surface area contributed by atoms with E-state index in [9.17, 15) is 19.5 Å². The molecular weight excluding hydrogens is 264 g/mol. The number of carbonyl (C=O) groups is 3. The molecule has 1 heterocycles. The quantitative estimate of drug-likeness (QED) is 0.676. The molecule has 0 fully saturated rings. The fraction of sp³-hybridized carbons (Fsp3) is 0.308. The highest BCUT2D eigenvalue weighted by molar-refractivity contribution is 6.01. The third kappa shape index (κ3) is 2.42. The van der Waals surface area contributed by atoms with Crippen molar-refractivity contribution >= 4 is 23.5 Å². The Morgan fingerprint density at radius 2 is 2.05 bits per heavy atom. The van der Waals surface area contributed by atoms with E-state index in [2.05, 4.69) is 0 Å². The van der Waals surface area contributed by atoms with Crippen LogP contribution in [-0.2, 0) is 16.1 Å². The Morgan fingerprint density at radius 3 is 2.60 bits per heavy atom. The van der Waals surface area contributed by atoms with Crippen molar-refractivity contribution in [2.24, 2.45) is 0 Å². The molecule has 106 valence electrons. The molecule has 0 aromatic heterocycles. The molecule has 1 atom stereocenters. The average Bonchev–Trinajstić information content (AvgIpc) is 2.69. The zero-order chi connectivity index (χ0) is 14.9. The summed E-state index contributed by atoms with van der Waals surface area (Å²) < 4.78 is 0. The molecule has 7 nitrogen and oxygen atoms in total. The van der Waals surface area contributed by atoms with E-state index in [1.54, 1.807) is 18.2 Å². The Morgan fingerprint density at radius 1 is 1.35 bits per heavy atom. The maximum absolute atomic E-state index is 12.2. The highest BCUT2D eigenvalue weighted by Gasteiger charge is 2.37. The summed E-state index contributed by atoms with van der Waals surface area (Å²) in [5, 5.41) is 17.8. The van der Waals surface area contributed by atoms with Gasteiger partial charge in [0.15, 0.2) is 0 Å². The number of carbonyl (C=O) groups excluding carboxylic acids is 1. The Balaban J connectivity index is 2.25. The molecule has 0 saturated carbocycles. The molecule has 4 N–H and O–H groups in total. The summed E-state index contributed by atoms with van der Waals surface area (Å²) in [6.07, 6.45) is -0.448. The number of hydrogen-bond acceptors (Lipinski definition) is 4. The molecule has 20 heavy (non-hydrogen) atoms. The first kappa shape index (κ1) is 13.9. The van der Waals surface area contributed by atoms with Crippen LogP contribution < -0.4 is 5.73 Å². The molecule has 7 heteroatoms. The average molecular weight is 278 g/mol. The summed E-state index contributed by atoms with van der Waals surface area (Å²) in [7, 11) is 0. The maximum atomic E-state index is 12.2. The summed E-state index contributed by atoms with van der Waals surface area (Å²) in [5.74, 6) is -2.74. The molecule has 1 aliphatic rings. The van der Waals surface area contributed by atoms with Gasteiger partial charge in [-0.3, -0.25) is 9.59 Å². The van der Waals surface area contributed by atoms with E-state index < -0.39 is 23.9 Å². The van der Waals surface area contributed by atoms with E-state index in [-0.39, 0.29) is 19.4 Å². The Hall–Kier alpha value is -2.57. The molecule has 1 amide bonds. The molecule has 0 radical (unpaired) electrons. The molecule has 0 spiro atoms. The largest absolute Gasteiger partial charge is 0.481 e. The Bertz CT molecular complexity index is 584. The molecule has 2 rings (SSSR count). The number of nitrogens with two attached hydrogens (primary N) is 1. The van der Waals surface area contributed by atoms with Crippen molar-refractivity contribution < 1.29 is 24.6 Å². The molecule has 1 aromatic rings. The van der Waals surface area contributed by atoms with Crippen molar-refractivity contribution in [3.05, 3.63) is 29.3 Å². The van der Waals surface area contributed by atoms with Gasteiger partial charge in [0.2, 0.25) is 0 Å². The molecule has 0 bridgehead atoms. The summed E-state index contributed by atoms with van der Waals surface area (Å²) in [6.45, 7) is 0.0947. The number of nitrogen functional groups attached to an aromatic ring is 1. The summed E-state index contributed by atoms with van der Waals surface area (Å²) in [4.78, 5) is 35.2. The van der Waals surface area contributed by atoms with Gasteiger partial charge in [-0.1, -0.05) is 6.07 Å². The van der Waals surface area contributed by atoms with Crippen LogP contribution in [0, 0.1) is 0 Å². The zero-order valence-corrected chi connectivity index (χ0v) is 10.6. The number of aliphatic carboxylic acids is 2. The number of carboxylic acids is 2. The van der Waals surface area contributed by atoms with Crippen LogP contribution in [-0.4, -0.2) is 39.0 Å². The van der Waals surface area contributed by atoms with Gasteiger partial charge in [-0.2, -0.15) is 0 Å².